The first-order chi connectivity index (χ1) is 10.7. The van der Waals surface area contributed by atoms with Crippen LogP contribution in [0.25, 0.3) is 6.08 Å². The van der Waals surface area contributed by atoms with E-state index in [2.05, 4.69) is 4.99 Å². The molecule has 3 heterocycles. The van der Waals surface area contributed by atoms with Gasteiger partial charge in [-0.15, -0.1) is 0 Å². The number of hydrogen-bond acceptors (Lipinski definition) is 5. The van der Waals surface area contributed by atoms with E-state index in [1.807, 2.05) is 12.1 Å². The molecule has 1 aromatic heterocycles. The van der Waals surface area contributed by atoms with Crippen LogP contribution in [-0.4, -0.2) is 29.7 Å². The second-order valence-corrected chi connectivity index (χ2v) is 4.98. The van der Waals surface area contributed by atoms with Gasteiger partial charge < -0.3 is 9.32 Å². The van der Waals surface area contributed by atoms with Gasteiger partial charge in [-0.25, -0.2) is 9.89 Å². The Hall–Kier alpha value is -3.15. The van der Waals surface area contributed by atoms with Gasteiger partial charge in [-0.3, -0.25) is 9.59 Å². The Labute approximate surface area is 126 Å². The maximum Gasteiger partial charge on any atom is 0.286 e. The molecular formula is C16H11N3O3. The molecule has 0 N–H and O–H groups in total. The number of fused-ring (bicyclic) bond motifs is 2. The fraction of sp³-hybridized carbons (Fsp3) is 0.0625. The Morgan fingerprint density at radius 2 is 1.91 bits per heavy atom. The molecule has 108 valence electrons. The van der Waals surface area contributed by atoms with E-state index in [0.29, 0.717) is 17.3 Å². The zero-order valence-electron chi connectivity index (χ0n) is 11.7. The van der Waals surface area contributed by atoms with Crippen LogP contribution in [0.1, 0.15) is 16.1 Å². The molecule has 2 amide bonds. The molecule has 6 heteroatoms. The number of carbonyl (C=O) groups is 2. The number of hydrogen-bond donors (Lipinski definition) is 0. The minimum atomic E-state index is -0.447. The first-order valence-corrected chi connectivity index (χ1v) is 6.72. The maximum absolute atomic E-state index is 12.5. The van der Waals surface area contributed by atoms with E-state index in [4.69, 9.17) is 4.42 Å². The summed E-state index contributed by atoms with van der Waals surface area (Å²) < 4.78 is 5.20. The zero-order chi connectivity index (χ0) is 15.3. The van der Waals surface area contributed by atoms with E-state index < -0.39 is 5.91 Å². The summed E-state index contributed by atoms with van der Waals surface area (Å²) in [5, 5.41) is 0. The molecule has 0 aliphatic carbocycles. The van der Waals surface area contributed by atoms with E-state index in [-0.39, 0.29) is 11.6 Å². The summed E-state index contributed by atoms with van der Waals surface area (Å²) in [6.07, 6.45) is 3.04. The Morgan fingerprint density at radius 3 is 2.68 bits per heavy atom. The van der Waals surface area contributed by atoms with Crippen LogP contribution in [0.5, 0.6) is 0 Å². The van der Waals surface area contributed by atoms with Gasteiger partial charge in [-0.05, 0) is 24.3 Å². The normalized spacial score (nSPS) is 18.6. The fourth-order valence-corrected chi connectivity index (χ4v) is 2.60. The molecule has 2 aliphatic heterocycles. The number of benzene rings is 1. The lowest BCUT2D eigenvalue weighted by molar-refractivity contribution is -0.121. The van der Waals surface area contributed by atoms with Gasteiger partial charge in [-0.2, -0.15) is 0 Å². The highest BCUT2D eigenvalue weighted by atomic mass is 16.3. The molecular weight excluding hydrogens is 282 g/mol. The third-order valence-electron chi connectivity index (χ3n) is 3.66. The summed E-state index contributed by atoms with van der Waals surface area (Å²) in [6.45, 7) is 0. The van der Waals surface area contributed by atoms with Crippen molar-refractivity contribution in [2.75, 3.05) is 11.9 Å². The van der Waals surface area contributed by atoms with E-state index in [1.165, 1.54) is 12.3 Å². The van der Waals surface area contributed by atoms with Crippen LogP contribution >= 0.6 is 0 Å². The van der Waals surface area contributed by atoms with Crippen LogP contribution in [0.4, 0.5) is 5.69 Å². The van der Waals surface area contributed by atoms with Gasteiger partial charge in [0.2, 0.25) is 5.96 Å². The molecule has 0 radical (unpaired) electrons. The molecule has 0 bridgehead atoms. The van der Waals surface area contributed by atoms with Crippen LogP contribution in [0.3, 0.4) is 0 Å². The van der Waals surface area contributed by atoms with Crippen molar-refractivity contribution in [3.05, 3.63) is 59.7 Å². The highest BCUT2D eigenvalue weighted by molar-refractivity contribution is 6.32. The fourth-order valence-electron chi connectivity index (χ4n) is 2.60. The quantitative estimate of drug-likeness (QED) is 0.596. The zero-order valence-corrected chi connectivity index (χ0v) is 11.7. The Bertz CT molecular complexity index is 849. The van der Waals surface area contributed by atoms with Crippen molar-refractivity contribution in [1.29, 1.82) is 0 Å². The lowest BCUT2D eigenvalue weighted by atomic mass is 10.1. The summed E-state index contributed by atoms with van der Waals surface area (Å²) in [4.78, 5) is 32.2. The SMILES string of the molecule is CN1C2=N/C(=C/c3ccco3)C(=O)N2C(=O)c2ccccc21. The van der Waals surface area contributed by atoms with Crippen LogP contribution in [0, 0.1) is 0 Å². The molecule has 0 fully saturated rings. The second kappa shape index (κ2) is 4.42. The van der Waals surface area contributed by atoms with Crippen LogP contribution in [-0.2, 0) is 4.79 Å². The van der Waals surface area contributed by atoms with Gasteiger partial charge in [0.1, 0.15) is 11.5 Å². The van der Waals surface area contributed by atoms with Crippen LogP contribution in [0.15, 0.2) is 57.8 Å². The van der Waals surface area contributed by atoms with E-state index in [0.717, 1.165) is 10.6 Å². The minimum Gasteiger partial charge on any atom is -0.465 e. The summed E-state index contributed by atoms with van der Waals surface area (Å²) >= 11 is 0. The van der Waals surface area contributed by atoms with Crippen LogP contribution < -0.4 is 4.90 Å². The number of carbonyl (C=O) groups excluding carboxylic acids is 2. The lowest BCUT2D eigenvalue weighted by Gasteiger charge is -2.31. The number of rotatable bonds is 1. The number of para-hydroxylation sites is 1. The predicted octanol–water partition coefficient (Wildman–Crippen LogP) is 2.11. The Morgan fingerprint density at radius 1 is 1.09 bits per heavy atom. The van der Waals surface area contributed by atoms with Crippen molar-refractivity contribution >= 4 is 29.5 Å². The topological polar surface area (TPSA) is 66.1 Å². The lowest BCUT2D eigenvalue weighted by Crippen LogP contribution is -2.50. The molecule has 2 aliphatic rings. The Kier molecular flexibility index (Phi) is 2.53. The standard InChI is InChI=1S/C16H11N3O3/c1-18-13-7-3-2-6-11(13)14(20)19-15(21)12(17-16(18)19)9-10-5-4-8-22-10/h2-9H,1H3/b12-9+. The van der Waals surface area contributed by atoms with Gasteiger partial charge in [0.15, 0.2) is 0 Å². The summed E-state index contributed by atoms with van der Waals surface area (Å²) in [7, 11) is 1.78. The summed E-state index contributed by atoms with van der Waals surface area (Å²) in [6, 6.07) is 10.6. The summed E-state index contributed by atoms with van der Waals surface area (Å²) in [5.41, 5.74) is 1.39. The molecule has 4 rings (SSSR count). The molecule has 0 saturated heterocycles. The summed E-state index contributed by atoms with van der Waals surface area (Å²) in [5.74, 6) is 0.0183. The average Bonchev–Trinajstić information content (AvgIpc) is 3.15. The molecule has 0 atom stereocenters. The smallest absolute Gasteiger partial charge is 0.286 e. The van der Waals surface area contributed by atoms with Crippen LogP contribution in [0.2, 0.25) is 0 Å². The molecule has 0 unspecified atom stereocenters. The highest BCUT2D eigenvalue weighted by Gasteiger charge is 2.42. The van der Waals surface area contributed by atoms with Crippen molar-refractivity contribution in [1.82, 2.24) is 4.90 Å². The van der Waals surface area contributed by atoms with E-state index in [1.54, 1.807) is 36.2 Å². The number of nitrogens with zero attached hydrogens (tertiary/aromatic N) is 3. The number of amides is 2. The second-order valence-electron chi connectivity index (χ2n) is 4.98. The largest absolute Gasteiger partial charge is 0.465 e. The number of aliphatic imine (C=N–C) groups is 1. The third kappa shape index (κ3) is 1.64. The molecule has 0 spiro atoms. The van der Waals surface area contributed by atoms with Crippen molar-refractivity contribution in [2.24, 2.45) is 4.99 Å². The van der Waals surface area contributed by atoms with E-state index >= 15 is 0 Å². The first kappa shape index (κ1) is 12.6. The molecule has 0 saturated carbocycles. The molecule has 6 nitrogen and oxygen atoms in total. The predicted molar refractivity (Wildman–Crippen MR) is 80.1 cm³/mol. The number of guanidine groups is 1. The number of anilines is 1. The monoisotopic (exact) mass is 293 g/mol. The number of imide groups is 1. The van der Waals surface area contributed by atoms with Crippen molar-refractivity contribution < 1.29 is 14.0 Å². The van der Waals surface area contributed by atoms with Crippen molar-refractivity contribution in [2.45, 2.75) is 0 Å². The van der Waals surface area contributed by atoms with Gasteiger partial charge in [0, 0.05) is 13.1 Å². The van der Waals surface area contributed by atoms with Gasteiger partial charge >= 0.3 is 0 Å². The van der Waals surface area contributed by atoms with Gasteiger partial charge in [0.25, 0.3) is 11.8 Å². The highest BCUT2D eigenvalue weighted by Crippen LogP contribution is 2.32. The molecule has 1 aromatic carbocycles. The minimum absolute atomic E-state index is 0.179. The average molecular weight is 293 g/mol. The molecule has 22 heavy (non-hydrogen) atoms. The van der Waals surface area contributed by atoms with E-state index in [9.17, 15) is 9.59 Å². The van der Waals surface area contributed by atoms with Crippen molar-refractivity contribution in [3.8, 4) is 0 Å². The first-order valence-electron chi connectivity index (χ1n) is 6.72. The molecule has 2 aromatic rings. The maximum atomic E-state index is 12.5. The van der Waals surface area contributed by atoms with Gasteiger partial charge in [0.05, 0.1) is 17.5 Å². The van der Waals surface area contributed by atoms with Gasteiger partial charge in [-0.1, -0.05) is 12.1 Å². The number of furan rings is 1. The third-order valence-corrected chi connectivity index (χ3v) is 3.66. The van der Waals surface area contributed by atoms with Crippen molar-refractivity contribution in [3.63, 3.8) is 0 Å². The Balaban J connectivity index is 1.83.